The molecular weight excluding hydrogens is 351 g/mol. The van der Waals surface area contributed by atoms with Crippen molar-refractivity contribution in [2.24, 2.45) is 0 Å². The van der Waals surface area contributed by atoms with Gasteiger partial charge in [0.05, 0.1) is 21.3 Å². The third-order valence-electron chi connectivity index (χ3n) is 3.04. The van der Waals surface area contributed by atoms with Gasteiger partial charge in [0.1, 0.15) is 5.82 Å². The average Bonchev–Trinajstić information content (AvgIpc) is 2.55. The van der Waals surface area contributed by atoms with Crippen LogP contribution in [0.15, 0.2) is 18.3 Å². The van der Waals surface area contributed by atoms with Crippen LogP contribution in [0.2, 0.25) is 0 Å². The van der Waals surface area contributed by atoms with E-state index >= 15 is 0 Å². The molecule has 0 amide bonds. The molecule has 0 saturated heterocycles. The zero-order valence-electron chi connectivity index (χ0n) is 14.0. The number of rotatable bonds is 5. The maximum absolute atomic E-state index is 7.23. The third-order valence-corrected chi connectivity index (χ3v) is 3.04. The SMILES string of the molecule is COc1cc(Cc2cnc(N)nc2N)cc(OC)c1OC.OP(O)O. The van der Waals surface area contributed by atoms with Crippen LogP contribution in [0.5, 0.6) is 17.2 Å². The molecule has 0 aliphatic rings. The lowest BCUT2D eigenvalue weighted by Gasteiger charge is -2.14. The second kappa shape index (κ2) is 9.80. The zero-order chi connectivity index (χ0) is 19.0. The van der Waals surface area contributed by atoms with Gasteiger partial charge in [-0.15, -0.1) is 0 Å². The van der Waals surface area contributed by atoms with Gasteiger partial charge in [0.25, 0.3) is 0 Å². The molecular formula is C14H21N4O6P. The smallest absolute Gasteiger partial charge is 0.324 e. The maximum atomic E-state index is 7.23. The molecule has 1 aromatic heterocycles. The fraction of sp³-hybridized carbons (Fsp3) is 0.286. The highest BCUT2D eigenvalue weighted by Crippen LogP contribution is 2.38. The molecule has 0 aliphatic heterocycles. The van der Waals surface area contributed by atoms with Crippen molar-refractivity contribution < 1.29 is 28.9 Å². The molecule has 0 spiro atoms. The minimum Gasteiger partial charge on any atom is -0.493 e. The van der Waals surface area contributed by atoms with Gasteiger partial charge in [0, 0.05) is 18.2 Å². The zero-order valence-corrected chi connectivity index (χ0v) is 14.9. The second-order valence-corrected chi connectivity index (χ2v) is 5.15. The van der Waals surface area contributed by atoms with Crippen LogP contribution in [-0.2, 0) is 6.42 Å². The fourth-order valence-corrected chi connectivity index (χ4v) is 2.03. The summed E-state index contributed by atoms with van der Waals surface area (Å²) in [4.78, 5) is 29.6. The molecule has 25 heavy (non-hydrogen) atoms. The predicted octanol–water partition coefficient (Wildman–Crippen LogP) is 0.448. The number of methoxy groups -OCH3 is 3. The second-order valence-electron chi connectivity index (χ2n) is 4.62. The van der Waals surface area contributed by atoms with Gasteiger partial charge >= 0.3 is 8.60 Å². The van der Waals surface area contributed by atoms with Crippen LogP contribution in [0.4, 0.5) is 11.8 Å². The van der Waals surface area contributed by atoms with Crippen molar-refractivity contribution in [2.45, 2.75) is 6.42 Å². The van der Waals surface area contributed by atoms with Gasteiger partial charge in [0.15, 0.2) is 11.5 Å². The standard InChI is InChI=1S/C14H18N4O3.H3O3P/c1-19-10-5-8(6-11(20-2)12(10)21-3)4-9-7-17-14(16)18-13(9)15;1-4(2)3/h5-7H,4H2,1-3H3,(H4,15,16,17,18);1-3H. The van der Waals surface area contributed by atoms with Crippen LogP contribution >= 0.6 is 8.60 Å². The number of ether oxygens (including phenoxy) is 3. The molecule has 0 fully saturated rings. The average molecular weight is 372 g/mol. The third kappa shape index (κ3) is 6.20. The first kappa shape index (κ1) is 20.7. The molecule has 2 aromatic rings. The quantitative estimate of drug-likeness (QED) is 0.465. The largest absolute Gasteiger partial charge is 0.493 e. The van der Waals surface area contributed by atoms with Gasteiger partial charge in [-0.25, -0.2) is 4.98 Å². The highest BCUT2D eigenvalue weighted by Gasteiger charge is 2.14. The van der Waals surface area contributed by atoms with Crippen LogP contribution in [0.1, 0.15) is 11.1 Å². The number of hydrogen-bond acceptors (Lipinski definition) is 10. The van der Waals surface area contributed by atoms with E-state index in [4.69, 9.17) is 40.4 Å². The van der Waals surface area contributed by atoms with E-state index in [1.807, 2.05) is 12.1 Å². The summed E-state index contributed by atoms with van der Waals surface area (Å²) in [6.07, 6.45) is 2.14. The molecule has 0 atom stereocenters. The molecule has 0 unspecified atom stereocenters. The summed E-state index contributed by atoms with van der Waals surface area (Å²) in [5, 5.41) is 0. The van der Waals surface area contributed by atoms with E-state index in [9.17, 15) is 0 Å². The van der Waals surface area contributed by atoms with Gasteiger partial charge in [-0.2, -0.15) is 4.98 Å². The monoisotopic (exact) mass is 372 g/mol. The van der Waals surface area contributed by atoms with E-state index in [2.05, 4.69) is 9.97 Å². The van der Waals surface area contributed by atoms with Gasteiger partial charge in [-0.1, -0.05) is 0 Å². The van der Waals surface area contributed by atoms with Gasteiger partial charge < -0.3 is 40.4 Å². The molecule has 1 aromatic carbocycles. The van der Waals surface area contributed by atoms with Crippen LogP contribution in [0.3, 0.4) is 0 Å². The summed E-state index contributed by atoms with van der Waals surface area (Å²) in [5.41, 5.74) is 13.1. The van der Waals surface area contributed by atoms with E-state index in [0.29, 0.717) is 29.5 Å². The molecule has 1 heterocycles. The summed E-state index contributed by atoms with van der Waals surface area (Å²) in [7, 11) is 2.08. The molecule has 11 heteroatoms. The van der Waals surface area contributed by atoms with E-state index in [1.165, 1.54) is 0 Å². The van der Waals surface area contributed by atoms with Crippen molar-refractivity contribution in [1.29, 1.82) is 0 Å². The molecule has 2 rings (SSSR count). The lowest BCUT2D eigenvalue weighted by molar-refractivity contribution is 0.324. The Kier molecular flexibility index (Phi) is 8.09. The molecule has 0 saturated carbocycles. The van der Waals surface area contributed by atoms with Crippen LogP contribution in [-0.4, -0.2) is 46.0 Å². The van der Waals surface area contributed by atoms with E-state index in [1.54, 1.807) is 27.5 Å². The lowest BCUT2D eigenvalue weighted by Crippen LogP contribution is -2.04. The Morgan fingerprint density at radius 2 is 1.52 bits per heavy atom. The number of nitrogen functional groups attached to an aromatic ring is 2. The predicted molar refractivity (Wildman–Crippen MR) is 93.3 cm³/mol. The first-order valence-corrected chi connectivity index (χ1v) is 8.04. The van der Waals surface area contributed by atoms with Crippen LogP contribution in [0.25, 0.3) is 0 Å². The Morgan fingerprint density at radius 3 is 1.92 bits per heavy atom. The summed E-state index contributed by atoms with van der Waals surface area (Å²) in [6, 6.07) is 3.72. The molecule has 0 bridgehead atoms. The number of benzene rings is 1. The lowest BCUT2D eigenvalue weighted by atomic mass is 10.1. The van der Waals surface area contributed by atoms with E-state index in [-0.39, 0.29) is 5.95 Å². The van der Waals surface area contributed by atoms with Crippen molar-refractivity contribution in [2.75, 3.05) is 32.8 Å². The van der Waals surface area contributed by atoms with Gasteiger partial charge in [-0.05, 0) is 17.7 Å². The molecule has 138 valence electrons. The van der Waals surface area contributed by atoms with Gasteiger partial charge in [-0.3, -0.25) is 0 Å². The Hall–Kier alpha value is -2.39. The number of anilines is 2. The fourth-order valence-electron chi connectivity index (χ4n) is 2.03. The van der Waals surface area contributed by atoms with Crippen molar-refractivity contribution in [3.8, 4) is 17.2 Å². The summed E-state index contributed by atoms with van der Waals surface area (Å²) >= 11 is 0. The molecule has 10 nitrogen and oxygen atoms in total. The molecule has 7 N–H and O–H groups in total. The summed E-state index contributed by atoms with van der Waals surface area (Å²) in [5.74, 6) is 2.23. The topological polar surface area (TPSA) is 166 Å². The number of nitrogens with two attached hydrogens (primary N) is 2. The Morgan fingerprint density at radius 1 is 1.00 bits per heavy atom. The first-order valence-electron chi connectivity index (χ1n) is 6.84. The van der Waals surface area contributed by atoms with Crippen molar-refractivity contribution >= 4 is 20.4 Å². The Bertz CT molecular complexity index is 673. The normalized spacial score (nSPS) is 10.0. The highest BCUT2D eigenvalue weighted by atomic mass is 31.2. The van der Waals surface area contributed by atoms with Crippen molar-refractivity contribution in [3.63, 3.8) is 0 Å². The Balaban J connectivity index is 0.000000705. The van der Waals surface area contributed by atoms with E-state index in [0.717, 1.165) is 11.1 Å². The number of nitrogens with zero attached hydrogens (tertiary/aromatic N) is 2. The van der Waals surface area contributed by atoms with Crippen molar-refractivity contribution in [1.82, 2.24) is 9.97 Å². The van der Waals surface area contributed by atoms with Crippen LogP contribution in [0, 0.1) is 0 Å². The van der Waals surface area contributed by atoms with Crippen molar-refractivity contribution in [3.05, 3.63) is 29.5 Å². The first-order chi connectivity index (χ1) is 11.8. The number of aromatic nitrogens is 2. The molecule has 0 radical (unpaired) electrons. The van der Waals surface area contributed by atoms with Crippen LogP contribution < -0.4 is 25.7 Å². The maximum Gasteiger partial charge on any atom is 0.324 e. The summed E-state index contributed by atoms with van der Waals surface area (Å²) in [6.45, 7) is 0. The summed E-state index contributed by atoms with van der Waals surface area (Å²) < 4.78 is 15.9. The minimum absolute atomic E-state index is 0.154. The minimum atomic E-state index is -2.62. The molecule has 0 aliphatic carbocycles. The number of hydrogen-bond donors (Lipinski definition) is 5. The van der Waals surface area contributed by atoms with E-state index < -0.39 is 8.60 Å². The van der Waals surface area contributed by atoms with Gasteiger partial charge in [0.2, 0.25) is 11.7 Å². The Labute approximate surface area is 146 Å². The highest BCUT2D eigenvalue weighted by molar-refractivity contribution is 7.38.